The molecule has 1 heterocycles. The van der Waals surface area contributed by atoms with Crippen LogP contribution in [0.5, 0.6) is 0 Å². The number of rotatable bonds is 4. The molecule has 0 bridgehead atoms. The van der Waals surface area contributed by atoms with Crippen molar-refractivity contribution in [2.24, 2.45) is 10.7 Å². The molecular weight excluding hydrogens is 349 g/mol. The Morgan fingerprint density at radius 1 is 1.31 bits per heavy atom. The number of carbonyl (C=O) groups excluding carboxylic acids is 1. The Bertz CT molecular complexity index is 837. The van der Waals surface area contributed by atoms with Crippen LogP contribution in [0.3, 0.4) is 0 Å². The fourth-order valence-corrected chi connectivity index (χ4v) is 3.98. The largest absolute Gasteiger partial charge is 0.379 e. The molecule has 0 aliphatic carbocycles. The third kappa shape index (κ3) is 4.07. The van der Waals surface area contributed by atoms with Gasteiger partial charge in [0.1, 0.15) is 5.82 Å². The van der Waals surface area contributed by atoms with Crippen molar-refractivity contribution in [3.8, 4) is 0 Å². The van der Waals surface area contributed by atoms with E-state index in [4.69, 9.17) is 5.73 Å². The first kappa shape index (κ1) is 18.5. The molecule has 0 aromatic heterocycles. The quantitative estimate of drug-likeness (QED) is 0.854. The lowest BCUT2D eigenvalue weighted by Crippen LogP contribution is -2.30. The molecule has 0 radical (unpaired) electrons. The Balaban J connectivity index is 1.78. The molecule has 2 atom stereocenters. The number of amidine groups is 1. The fourth-order valence-electron chi connectivity index (χ4n) is 3.00. The van der Waals surface area contributed by atoms with E-state index >= 15 is 0 Å². The summed E-state index contributed by atoms with van der Waals surface area (Å²) in [6, 6.07) is 13.4. The van der Waals surface area contributed by atoms with Gasteiger partial charge in [0.25, 0.3) is 5.91 Å². The maximum Gasteiger partial charge on any atom is 0.251 e. The number of amides is 1. The van der Waals surface area contributed by atoms with Crippen molar-refractivity contribution in [2.45, 2.75) is 31.8 Å². The van der Waals surface area contributed by atoms with Crippen molar-refractivity contribution in [3.05, 3.63) is 71.0 Å². The Kier molecular flexibility index (Phi) is 5.32. The molecule has 4 nitrogen and oxygen atoms in total. The molecule has 3 N–H and O–H groups in total. The number of nitrogens with two attached hydrogens (primary N) is 1. The smallest absolute Gasteiger partial charge is 0.251 e. The summed E-state index contributed by atoms with van der Waals surface area (Å²) in [6.07, 6.45) is 0.870. The minimum atomic E-state index is -0.409. The highest BCUT2D eigenvalue weighted by Crippen LogP contribution is 2.35. The van der Waals surface area contributed by atoms with E-state index in [1.54, 1.807) is 30.0 Å². The first-order valence-electron chi connectivity index (χ1n) is 8.52. The summed E-state index contributed by atoms with van der Waals surface area (Å²) in [5.74, 6) is 0.442. The molecule has 1 aliphatic heterocycles. The molecule has 0 saturated carbocycles. The van der Waals surface area contributed by atoms with Gasteiger partial charge in [-0.3, -0.25) is 9.79 Å². The van der Waals surface area contributed by atoms with Crippen LogP contribution in [0, 0.1) is 5.82 Å². The maximum absolute atomic E-state index is 13.1. The summed E-state index contributed by atoms with van der Waals surface area (Å²) in [7, 11) is 0. The summed E-state index contributed by atoms with van der Waals surface area (Å²) in [6.45, 7) is 3.91. The van der Waals surface area contributed by atoms with Crippen LogP contribution in [-0.2, 0) is 5.54 Å². The van der Waals surface area contributed by atoms with Crippen molar-refractivity contribution in [2.75, 3.05) is 5.75 Å². The Labute approximate surface area is 157 Å². The fraction of sp³-hybridized carbons (Fsp3) is 0.300. The van der Waals surface area contributed by atoms with E-state index in [9.17, 15) is 9.18 Å². The molecule has 1 amide bonds. The molecule has 136 valence electrons. The van der Waals surface area contributed by atoms with E-state index in [2.05, 4.69) is 10.3 Å². The number of aliphatic imine (C=N–C) groups is 1. The summed E-state index contributed by atoms with van der Waals surface area (Å²) in [4.78, 5) is 17.2. The van der Waals surface area contributed by atoms with E-state index in [0.29, 0.717) is 10.7 Å². The minimum absolute atomic E-state index is 0.172. The van der Waals surface area contributed by atoms with E-state index in [1.165, 1.54) is 12.1 Å². The minimum Gasteiger partial charge on any atom is -0.379 e. The maximum atomic E-state index is 13.1. The molecule has 0 saturated heterocycles. The van der Waals surface area contributed by atoms with Gasteiger partial charge in [0.15, 0.2) is 5.17 Å². The summed E-state index contributed by atoms with van der Waals surface area (Å²) in [5, 5.41) is 3.54. The van der Waals surface area contributed by atoms with Gasteiger partial charge in [-0.2, -0.15) is 0 Å². The predicted molar refractivity (Wildman–Crippen MR) is 105 cm³/mol. The Morgan fingerprint density at radius 2 is 2.04 bits per heavy atom. The molecular formula is C20H22FN3OS. The lowest BCUT2D eigenvalue weighted by atomic mass is 9.88. The normalized spacial score (nSPS) is 21.0. The number of thioether (sulfide) groups is 1. The first-order valence-corrected chi connectivity index (χ1v) is 9.51. The molecule has 1 aliphatic rings. The molecule has 2 unspecified atom stereocenters. The standard InChI is InChI=1S/C20H22FN3OS/c1-13(14-6-8-17(21)9-7-14)23-18(25)15-4-3-5-16(12-15)20(2)10-11-26-19(22)24-20/h3-9,12-13H,10-11H2,1-2H3,(H2,22,24)(H,23,25). The van der Waals surface area contributed by atoms with E-state index in [-0.39, 0.29) is 17.8 Å². The zero-order chi connectivity index (χ0) is 18.7. The van der Waals surface area contributed by atoms with E-state index in [1.807, 2.05) is 32.0 Å². The van der Waals surface area contributed by atoms with E-state index in [0.717, 1.165) is 23.3 Å². The number of hydrogen-bond donors (Lipinski definition) is 2. The second kappa shape index (κ2) is 7.50. The lowest BCUT2D eigenvalue weighted by Gasteiger charge is -2.30. The van der Waals surface area contributed by atoms with Gasteiger partial charge in [-0.1, -0.05) is 36.0 Å². The number of hydrogen-bond acceptors (Lipinski definition) is 4. The molecule has 6 heteroatoms. The second-order valence-electron chi connectivity index (χ2n) is 6.65. The monoisotopic (exact) mass is 371 g/mol. The average molecular weight is 371 g/mol. The number of nitrogens with zero attached hydrogens (tertiary/aromatic N) is 1. The van der Waals surface area contributed by atoms with Crippen molar-refractivity contribution in [3.63, 3.8) is 0 Å². The number of nitrogens with one attached hydrogen (secondary N) is 1. The lowest BCUT2D eigenvalue weighted by molar-refractivity contribution is 0.0939. The molecule has 2 aromatic carbocycles. The van der Waals surface area contributed by atoms with Gasteiger partial charge in [-0.15, -0.1) is 0 Å². The number of benzene rings is 2. The zero-order valence-corrected chi connectivity index (χ0v) is 15.6. The van der Waals surface area contributed by atoms with Crippen LogP contribution >= 0.6 is 11.8 Å². The topological polar surface area (TPSA) is 67.5 Å². The molecule has 3 rings (SSSR count). The zero-order valence-electron chi connectivity index (χ0n) is 14.8. The SMILES string of the molecule is CC(NC(=O)c1cccc(C2(C)CCSC(N)=N2)c1)c1ccc(F)cc1. The molecule has 0 fully saturated rings. The van der Waals surface area contributed by atoms with Gasteiger partial charge >= 0.3 is 0 Å². The van der Waals surface area contributed by atoms with Gasteiger partial charge in [-0.05, 0) is 55.7 Å². The second-order valence-corrected chi connectivity index (χ2v) is 7.77. The van der Waals surface area contributed by atoms with Crippen molar-refractivity contribution in [1.29, 1.82) is 0 Å². The summed E-state index contributed by atoms with van der Waals surface area (Å²) in [5.41, 5.74) is 7.88. The van der Waals surface area contributed by atoms with Gasteiger partial charge in [0.05, 0.1) is 11.6 Å². The van der Waals surface area contributed by atoms with Crippen LogP contribution in [0.25, 0.3) is 0 Å². The van der Waals surface area contributed by atoms with Crippen LogP contribution in [0.4, 0.5) is 4.39 Å². The van der Waals surface area contributed by atoms with E-state index < -0.39 is 5.54 Å². The first-order chi connectivity index (χ1) is 12.4. The van der Waals surface area contributed by atoms with Crippen molar-refractivity contribution >= 4 is 22.8 Å². The van der Waals surface area contributed by atoms with Crippen LogP contribution < -0.4 is 11.1 Å². The third-order valence-corrected chi connectivity index (χ3v) is 5.46. The van der Waals surface area contributed by atoms with Crippen LogP contribution in [-0.4, -0.2) is 16.8 Å². The highest BCUT2D eigenvalue weighted by atomic mass is 32.2. The molecule has 0 spiro atoms. The van der Waals surface area contributed by atoms with Crippen LogP contribution in [0.1, 0.15) is 47.8 Å². The summed E-state index contributed by atoms with van der Waals surface area (Å²) >= 11 is 1.55. The van der Waals surface area contributed by atoms with Crippen molar-refractivity contribution < 1.29 is 9.18 Å². The van der Waals surface area contributed by atoms with Gasteiger partial charge in [0.2, 0.25) is 0 Å². The number of carbonyl (C=O) groups is 1. The van der Waals surface area contributed by atoms with Gasteiger partial charge < -0.3 is 11.1 Å². The van der Waals surface area contributed by atoms with Crippen molar-refractivity contribution in [1.82, 2.24) is 5.32 Å². The Hall–Kier alpha value is -2.34. The van der Waals surface area contributed by atoms with Gasteiger partial charge in [0, 0.05) is 11.3 Å². The third-order valence-electron chi connectivity index (χ3n) is 4.66. The molecule has 2 aromatic rings. The van der Waals surface area contributed by atoms with Crippen LogP contribution in [0.15, 0.2) is 53.5 Å². The van der Waals surface area contributed by atoms with Gasteiger partial charge in [-0.25, -0.2) is 4.39 Å². The van der Waals surface area contributed by atoms with Crippen LogP contribution in [0.2, 0.25) is 0 Å². The highest BCUT2D eigenvalue weighted by Gasteiger charge is 2.30. The summed E-state index contributed by atoms with van der Waals surface area (Å²) < 4.78 is 13.1. The average Bonchev–Trinajstić information content (AvgIpc) is 2.62. The number of halogens is 1. The predicted octanol–water partition coefficient (Wildman–Crippen LogP) is 3.98. The molecule has 26 heavy (non-hydrogen) atoms. The highest BCUT2D eigenvalue weighted by molar-refractivity contribution is 8.13. The Morgan fingerprint density at radius 3 is 2.73 bits per heavy atom.